The second-order valence-electron chi connectivity index (χ2n) is 7.63. The summed E-state index contributed by atoms with van der Waals surface area (Å²) in [5.41, 5.74) is 0.705. The number of nitrogens with one attached hydrogen (secondary N) is 2. The highest BCUT2D eigenvalue weighted by molar-refractivity contribution is 5.83. The van der Waals surface area contributed by atoms with Crippen molar-refractivity contribution in [3.05, 3.63) is 47.4 Å². The zero-order valence-electron chi connectivity index (χ0n) is 15.5. The number of hydrogen-bond donors (Lipinski definition) is 2. The summed E-state index contributed by atoms with van der Waals surface area (Å²) in [6.45, 7) is 1.90. The molecule has 2 saturated carbocycles. The quantitative estimate of drug-likeness (QED) is 0.777. The van der Waals surface area contributed by atoms with Crippen molar-refractivity contribution in [3.8, 4) is 0 Å². The molecule has 2 fully saturated rings. The zero-order valence-corrected chi connectivity index (χ0v) is 15.5. The van der Waals surface area contributed by atoms with Gasteiger partial charge in [-0.2, -0.15) is 4.98 Å². The van der Waals surface area contributed by atoms with E-state index in [-0.39, 0.29) is 23.8 Å². The summed E-state index contributed by atoms with van der Waals surface area (Å²) in [5, 5.41) is 10.4. The van der Waals surface area contributed by atoms with E-state index in [2.05, 4.69) is 20.8 Å². The van der Waals surface area contributed by atoms with Crippen LogP contribution >= 0.6 is 0 Å². The van der Waals surface area contributed by atoms with Gasteiger partial charge in [-0.05, 0) is 50.3 Å². The van der Waals surface area contributed by atoms with Crippen LogP contribution in [0.3, 0.4) is 0 Å². The van der Waals surface area contributed by atoms with Crippen LogP contribution in [-0.4, -0.2) is 22.1 Å². The van der Waals surface area contributed by atoms with Crippen molar-refractivity contribution >= 4 is 5.91 Å². The lowest BCUT2D eigenvalue weighted by Crippen LogP contribution is -2.39. The molecule has 1 heterocycles. The van der Waals surface area contributed by atoms with E-state index >= 15 is 0 Å². The van der Waals surface area contributed by atoms with E-state index in [1.54, 1.807) is 12.1 Å². The Morgan fingerprint density at radius 1 is 1.19 bits per heavy atom. The summed E-state index contributed by atoms with van der Waals surface area (Å²) < 4.78 is 18.7. The van der Waals surface area contributed by atoms with Gasteiger partial charge in [-0.1, -0.05) is 30.1 Å². The summed E-state index contributed by atoms with van der Waals surface area (Å²) in [5.74, 6) is 1.17. The second kappa shape index (κ2) is 7.76. The van der Waals surface area contributed by atoms with Crippen molar-refractivity contribution in [1.29, 1.82) is 0 Å². The van der Waals surface area contributed by atoms with Crippen LogP contribution in [0.1, 0.15) is 80.7 Å². The molecule has 1 aromatic carbocycles. The van der Waals surface area contributed by atoms with Crippen molar-refractivity contribution in [2.45, 2.75) is 69.5 Å². The first-order valence-corrected chi connectivity index (χ1v) is 9.75. The molecule has 2 aliphatic carbocycles. The van der Waals surface area contributed by atoms with Crippen molar-refractivity contribution in [2.24, 2.45) is 0 Å². The Kier molecular flexibility index (Phi) is 5.20. The van der Waals surface area contributed by atoms with E-state index in [0.717, 1.165) is 31.5 Å². The molecule has 0 aliphatic heterocycles. The van der Waals surface area contributed by atoms with Crippen LogP contribution in [-0.2, 0) is 4.79 Å². The molecule has 2 aromatic rings. The number of amides is 1. The van der Waals surface area contributed by atoms with Gasteiger partial charge in [0.25, 0.3) is 0 Å². The van der Waals surface area contributed by atoms with Crippen molar-refractivity contribution in [3.63, 3.8) is 0 Å². The first-order chi connectivity index (χ1) is 13.1. The Morgan fingerprint density at radius 3 is 2.56 bits per heavy atom. The summed E-state index contributed by atoms with van der Waals surface area (Å²) in [4.78, 5) is 17.3. The monoisotopic (exact) mass is 372 g/mol. The largest absolute Gasteiger partial charge is 0.352 e. The Bertz CT molecular complexity index is 782. The molecule has 1 aromatic heterocycles. The molecule has 6 nitrogen and oxygen atoms in total. The van der Waals surface area contributed by atoms with Gasteiger partial charge in [-0.15, -0.1) is 0 Å². The zero-order chi connectivity index (χ0) is 18.8. The second-order valence-corrected chi connectivity index (χ2v) is 7.63. The Morgan fingerprint density at radius 2 is 1.89 bits per heavy atom. The number of rotatable bonds is 7. The molecular weight excluding hydrogens is 347 g/mol. The fourth-order valence-corrected chi connectivity index (χ4v) is 3.58. The van der Waals surface area contributed by atoms with Gasteiger partial charge in [-0.3, -0.25) is 10.1 Å². The van der Waals surface area contributed by atoms with Gasteiger partial charge in [0.05, 0.1) is 6.04 Å². The molecule has 1 amide bonds. The smallest absolute Gasteiger partial charge is 0.243 e. The molecule has 2 atom stereocenters. The Balaban J connectivity index is 1.49. The number of halogens is 1. The van der Waals surface area contributed by atoms with E-state index in [1.165, 1.54) is 25.0 Å². The number of aromatic nitrogens is 2. The number of nitrogens with zero attached hydrogens (tertiary/aromatic N) is 2. The topological polar surface area (TPSA) is 80.0 Å². The summed E-state index contributed by atoms with van der Waals surface area (Å²) >= 11 is 0. The highest BCUT2D eigenvalue weighted by atomic mass is 19.1. The molecule has 144 valence electrons. The Hall–Kier alpha value is -2.28. The third kappa shape index (κ3) is 4.35. The Labute approximate surface area is 157 Å². The predicted molar refractivity (Wildman–Crippen MR) is 97.4 cm³/mol. The third-order valence-electron chi connectivity index (χ3n) is 5.35. The highest BCUT2D eigenvalue weighted by Gasteiger charge is 2.31. The van der Waals surface area contributed by atoms with Crippen LogP contribution in [0.5, 0.6) is 0 Å². The van der Waals surface area contributed by atoms with E-state index in [1.807, 2.05) is 6.92 Å². The lowest BCUT2D eigenvalue weighted by Gasteiger charge is -2.21. The van der Waals surface area contributed by atoms with Crippen LogP contribution in [0.25, 0.3) is 0 Å². The molecule has 4 rings (SSSR count). The molecule has 27 heavy (non-hydrogen) atoms. The summed E-state index contributed by atoms with van der Waals surface area (Å²) in [6.07, 6.45) is 6.62. The van der Waals surface area contributed by atoms with Gasteiger partial charge in [0.2, 0.25) is 11.8 Å². The molecule has 0 radical (unpaired) electrons. The molecule has 0 bridgehead atoms. The van der Waals surface area contributed by atoms with E-state index in [9.17, 15) is 9.18 Å². The average molecular weight is 372 g/mol. The lowest BCUT2D eigenvalue weighted by atomic mass is 10.0. The van der Waals surface area contributed by atoms with Crippen LogP contribution in [0.4, 0.5) is 4.39 Å². The summed E-state index contributed by atoms with van der Waals surface area (Å²) in [7, 11) is 0. The molecule has 7 heteroatoms. The maximum absolute atomic E-state index is 13.3. The van der Waals surface area contributed by atoms with Gasteiger partial charge in [-0.25, -0.2) is 4.39 Å². The van der Waals surface area contributed by atoms with E-state index in [4.69, 9.17) is 4.52 Å². The van der Waals surface area contributed by atoms with Gasteiger partial charge in [0, 0.05) is 12.0 Å². The number of benzene rings is 1. The maximum Gasteiger partial charge on any atom is 0.243 e. The molecular formula is C20H25FN4O2. The van der Waals surface area contributed by atoms with Gasteiger partial charge in [0.1, 0.15) is 11.9 Å². The van der Waals surface area contributed by atoms with Crippen LogP contribution in [0, 0.1) is 5.82 Å². The average Bonchev–Trinajstić information content (AvgIpc) is 3.14. The van der Waals surface area contributed by atoms with E-state index in [0.29, 0.717) is 17.4 Å². The lowest BCUT2D eigenvalue weighted by molar-refractivity contribution is -0.123. The molecule has 0 spiro atoms. The molecule has 2 aliphatic rings. The predicted octanol–water partition coefficient (Wildman–Crippen LogP) is 3.54. The van der Waals surface area contributed by atoms with Gasteiger partial charge in [0.15, 0.2) is 5.82 Å². The first kappa shape index (κ1) is 18.1. The normalized spacial score (nSPS) is 19.8. The van der Waals surface area contributed by atoms with Gasteiger partial charge < -0.3 is 9.84 Å². The minimum Gasteiger partial charge on any atom is -0.352 e. The van der Waals surface area contributed by atoms with E-state index < -0.39 is 6.04 Å². The summed E-state index contributed by atoms with van der Waals surface area (Å²) in [6, 6.07) is 5.33. The van der Waals surface area contributed by atoms with Crippen molar-refractivity contribution in [1.82, 2.24) is 20.8 Å². The number of hydrogen-bond acceptors (Lipinski definition) is 5. The standard InChI is InChI=1S/C20H25FN4O2/c1-12(20-24-18(25-27-20)14-4-2-3-5-14)22-17(19(26)23-16-10-11-16)13-6-8-15(21)9-7-13/h6-9,12,14,16-17,22H,2-5,10-11H2,1H3,(H,23,26). The fraction of sp³-hybridized carbons (Fsp3) is 0.550. The molecule has 0 saturated heterocycles. The fourth-order valence-electron chi connectivity index (χ4n) is 3.58. The number of carbonyl (C=O) groups excluding carboxylic acids is 1. The van der Waals surface area contributed by atoms with Crippen LogP contribution in [0.2, 0.25) is 0 Å². The molecule has 2 N–H and O–H groups in total. The molecule has 2 unspecified atom stereocenters. The minimum atomic E-state index is -0.608. The SMILES string of the molecule is CC(NC(C(=O)NC1CC1)c1ccc(F)cc1)c1nc(C2CCCC2)no1. The highest BCUT2D eigenvalue weighted by Crippen LogP contribution is 2.33. The van der Waals surface area contributed by atoms with Crippen LogP contribution < -0.4 is 10.6 Å². The minimum absolute atomic E-state index is 0.119. The van der Waals surface area contributed by atoms with Crippen molar-refractivity contribution < 1.29 is 13.7 Å². The first-order valence-electron chi connectivity index (χ1n) is 9.75. The van der Waals surface area contributed by atoms with Crippen molar-refractivity contribution in [2.75, 3.05) is 0 Å². The van der Waals surface area contributed by atoms with Crippen LogP contribution in [0.15, 0.2) is 28.8 Å². The number of carbonyl (C=O) groups is 1. The maximum atomic E-state index is 13.3. The van der Waals surface area contributed by atoms with Gasteiger partial charge >= 0.3 is 0 Å². The third-order valence-corrected chi connectivity index (χ3v) is 5.35.